The molecule has 2 rings (SSSR count). The highest BCUT2D eigenvalue weighted by Gasteiger charge is 2.14. The Bertz CT molecular complexity index is 741. The second-order valence-electron chi connectivity index (χ2n) is 5.85. The minimum atomic E-state index is -0.131. The summed E-state index contributed by atoms with van der Waals surface area (Å²) in [7, 11) is 1.53. The Morgan fingerprint density at radius 1 is 1.08 bits per heavy atom. The van der Waals surface area contributed by atoms with Crippen LogP contribution in [0, 0.1) is 6.92 Å². The van der Waals surface area contributed by atoms with E-state index in [9.17, 15) is 9.59 Å². The molecule has 0 aliphatic heterocycles. The van der Waals surface area contributed by atoms with Crippen molar-refractivity contribution >= 4 is 23.3 Å². The zero-order valence-corrected chi connectivity index (χ0v) is 15.2. The standard InChI is InChI=1S/C20H22ClNO3/c1-14-3-9-19(25-2)17(13-14)18(23)8-10-20(24)22-12-11-15-4-6-16(21)7-5-15/h3-7,9,13H,8,10-12H2,1-2H3,(H,22,24). The van der Waals surface area contributed by atoms with Crippen molar-refractivity contribution in [3.8, 4) is 5.75 Å². The molecule has 0 unspecified atom stereocenters. The lowest BCUT2D eigenvalue weighted by atomic mass is 10.0. The molecule has 0 aromatic heterocycles. The van der Waals surface area contributed by atoms with Crippen LogP contribution < -0.4 is 10.1 Å². The van der Waals surface area contributed by atoms with E-state index in [1.807, 2.05) is 37.3 Å². The molecule has 0 bridgehead atoms. The van der Waals surface area contributed by atoms with Crippen molar-refractivity contribution in [2.24, 2.45) is 0 Å². The number of ketones is 1. The van der Waals surface area contributed by atoms with Gasteiger partial charge in [-0.3, -0.25) is 9.59 Å². The normalized spacial score (nSPS) is 10.4. The second-order valence-corrected chi connectivity index (χ2v) is 6.29. The molecule has 2 aromatic rings. The smallest absolute Gasteiger partial charge is 0.220 e. The molecule has 132 valence electrons. The predicted molar refractivity (Wildman–Crippen MR) is 99.5 cm³/mol. The molecule has 0 radical (unpaired) electrons. The van der Waals surface area contributed by atoms with Crippen molar-refractivity contribution < 1.29 is 14.3 Å². The third-order valence-electron chi connectivity index (χ3n) is 3.88. The monoisotopic (exact) mass is 359 g/mol. The van der Waals surface area contributed by atoms with Gasteiger partial charge in [0.15, 0.2) is 5.78 Å². The number of amides is 1. The van der Waals surface area contributed by atoms with Gasteiger partial charge in [0.25, 0.3) is 0 Å². The van der Waals surface area contributed by atoms with Gasteiger partial charge in [0, 0.05) is 24.4 Å². The zero-order chi connectivity index (χ0) is 18.2. The quantitative estimate of drug-likeness (QED) is 0.725. The third kappa shape index (κ3) is 5.91. The molecular weight excluding hydrogens is 338 g/mol. The number of hydrogen-bond donors (Lipinski definition) is 1. The van der Waals surface area contributed by atoms with Gasteiger partial charge in [-0.05, 0) is 43.2 Å². The number of rotatable bonds is 8. The highest BCUT2D eigenvalue weighted by atomic mass is 35.5. The summed E-state index contributed by atoms with van der Waals surface area (Å²) < 4.78 is 5.22. The van der Waals surface area contributed by atoms with Crippen LogP contribution in [0.1, 0.15) is 34.3 Å². The molecular formula is C20H22ClNO3. The summed E-state index contributed by atoms with van der Waals surface area (Å²) in [6.45, 7) is 2.45. The highest BCUT2D eigenvalue weighted by molar-refractivity contribution is 6.30. The molecule has 0 aliphatic rings. The summed E-state index contributed by atoms with van der Waals surface area (Å²) in [5.74, 6) is 0.320. The Morgan fingerprint density at radius 2 is 1.80 bits per heavy atom. The largest absolute Gasteiger partial charge is 0.496 e. The topological polar surface area (TPSA) is 55.4 Å². The fourth-order valence-electron chi connectivity index (χ4n) is 2.49. The fourth-order valence-corrected chi connectivity index (χ4v) is 2.61. The molecule has 0 spiro atoms. The average molecular weight is 360 g/mol. The molecule has 2 aromatic carbocycles. The molecule has 0 saturated heterocycles. The first kappa shape index (κ1) is 19.0. The summed E-state index contributed by atoms with van der Waals surface area (Å²) >= 11 is 5.84. The van der Waals surface area contributed by atoms with Crippen LogP contribution in [0.3, 0.4) is 0 Å². The van der Waals surface area contributed by atoms with Crippen molar-refractivity contribution in [3.63, 3.8) is 0 Å². The Hall–Kier alpha value is -2.33. The highest BCUT2D eigenvalue weighted by Crippen LogP contribution is 2.21. The van der Waals surface area contributed by atoms with Crippen molar-refractivity contribution in [1.82, 2.24) is 5.32 Å². The number of carbonyl (C=O) groups excluding carboxylic acids is 2. The lowest BCUT2D eigenvalue weighted by molar-refractivity contribution is -0.121. The van der Waals surface area contributed by atoms with Crippen molar-refractivity contribution in [3.05, 3.63) is 64.2 Å². The third-order valence-corrected chi connectivity index (χ3v) is 4.14. The van der Waals surface area contributed by atoms with E-state index in [2.05, 4.69) is 5.32 Å². The average Bonchev–Trinajstić information content (AvgIpc) is 2.61. The lowest BCUT2D eigenvalue weighted by Crippen LogP contribution is -2.26. The van der Waals surface area contributed by atoms with Gasteiger partial charge < -0.3 is 10.1 Å². The molecule has 0 heterocycles. The Morgan fingerprint density at radius 3 is 2.48 bits per heavy atom. The first-order chi connectivity index (χ1) is 12.0. The number of aryl methyl sites for hydroxylation is 1. The minimum absolute atomic E-state index is 0.0894. The van der Waals surface area contributed by atoms with Gasteiger partial charge in [-0.25, -0.2) is 0 Å². The first-order valence-corrected chi connectivity index (χ1v) is 8.56. The number of carbonyl (C=O) groups is 2. The first-order valence-electron chi connectivity index (χ1n) is 8.18. The maximum atomic E-state index is 12.3. The van der Waals surface area contributed by atoms with Gasteiger partial charge in [-0.15, -0.1) is 0 Å². The number of halogens is 1. The van der Waals surface area contributed by atoms with Crippen LogP contribution in [0.4, 0.5) is 0 Å². The van der Waals surface area contributed by atoms with E-state index in [-0.39, 0.29) is 24.5 Å². The molecule has 0 fully saturated rings. The number of ether oxygens (including phenoxy) is 1. The molecule has 0 atom stereocenters. The maximum Gasteiger partial charge on any atom is 0.220 e. The van der Waals surface area contributed by atoms with Gasteiger partial charge in [0.2, 0.25) is 5.91 Å². The van der Waals surface area contributed by atoms with E-state index in [4.69, 9.17) is 16.3 Å². The number of hydrogen-bond acceptors (Lipinski definition) is 3. The van der Waals surface area contributed by atoms with E-state index in [0.717, 1.165) is 17.5 Å². The Labute approximate surface area is 153 Å². The van der Waals surface area contributed by atoms with Gasteiger partial charge in [-0.1, -0.05) is 35.4 Å². The van der Waals surface area contributed by atoms with Gasteiger partial charge in [-0.2, -0.15) is 0 Å². The molecule has 0 aliphatic carbocycles. The van der Waals surface area contributed by atoms with Crippen LogP contribution >= 0.6 is 11.6 Å². The van der Waals surface area contributed by atoms with Gasteiger partial charge >= 0.3 is 0 Å². The Balaban J connectivity index is 1.78. The molecule has 4 nitrogen and oxygen atoms in total. The second kappa shape index (κ2) is 9.23. The molecule has 1 amide bonds. The maximum absolute atomic E-state index is 12.3. The van der Waals surface area contributed by atoms with Crippen molar-refractivity contribution in [1.29, 1.82) is 0 Å². The van der Waals surface area contributed by atoms with Crippen LogP contribution in [-0.2, 0) is 11.2 Å². The summed E-state index contributed by atoms with van der Waals surface area (Å²) in [6, 6.07) is 13.0. The molecule has 5 heteroatoms. The van der Waals surface area contributed by atoms with E-state index >= 15 is 0 Å². The van der Waals surface area contributed by atoms with E-state index in [1.165, 1.54) is 7.11 Å². The van der Waals surface area contributed by atoms with Crippen molar-refractivity contribution in [2.75, 3.05) is 13.7 Å². The number of benzene rings is 2. The zero-order valence-electron chi connectivity index (χ0n) is 14.5. The van der Waals surface area contributed by atoms with E-state index in [0.29, 0.717) is 22.9 Å². The summed E-state index contributed by atoms with van der Waals surface area (Å²) in [5, 5.41) is 3.53. The van der Waals surface area contributed by atoms with Crippen LogP contribution in [0.25, 0.3) is 0 Å². The summed E-state index contributed by atoms with van der Waals surface area (Å²) in [5.41, 5.74) is 2.61. The molecule has 0 saturated carbocycles. The fraction of sp³-hybridized carbons (Fsp3) is 0.300. The van der Waals surface area contributed by atoms with Gasteiger partial charge in [0.1, 0.15) is 5.75 Å². The van der Waals surface area contributed by atoms with Crippen LogP contribution in [0.2, 0.25) is 5.02 Å². The molecule has 1 N–H and O–H groups in total. The minimum Gasteiger partial charge on any atom is -0.496 e. The summed E-state index contributed by atoms with van der Waals surface area (Å²) in [4.78, 5) is 24.3. The molecule has 25 heavy (non-hydrogen) atoms. The SMILES string of the molecule is COc1ccc(C)cc1C(=O)CCC(=O)NCCc1ccc(Cl)cc1. The van der Waals surface area contributed by atoms with E-state index < -0.39 is 0 Å². The van der Waals surface area contributed by atoms with Crippen LogP contribution in [0.5, 0.6) is 5.75 Å². The summed E-state index contributed by atoms with van der Waals surface area (Å²) in [6.07, 6.45) is 1.05. The number of methoxy groups -OCH3 is 1. The van der Waals surface area contributed by atoms with Crippen LogP contribution in [-0.4, -0.2) is 25.3 Å². The number of Topliss-reactive ketones (excluding diaryl/α,β-unsaturated/α-hetero) is 1. The lowest BCUT2D eigenvalue weighted by Gasteiger charge is -2.09. The van der Waals surface area contributed by atoms with Gasteiger partial charge in [0.05, 0.1) is 12.7 Å². The van der Waals surface area contributed by atoms with E-state index in [1.54, 1.807) is 12.1 Å². The Kier molecular flexibility index (Phi) is 7.02. The van der Waals surface area contributed by atoms with Crippen molar-refractivity contribution in [2.45, 2.75) is 26.2 Å². The predicted octanol–water partition coefficient (Wildman–Crippen LogP) is 3.98. The van der Waals surface area contributed by atoms with Crippen LogP contribution in [0.15, 0.2) is 42.5 Å². The number of nitrogens with one attached hydrogen (secondary N) is 1.